The predicted molar refractivity (Wildman–Crippen MR) is 74.5 cm³/mol. The Bertz CT molecular complexity index is 404. The van der Waals surface area contributed by atoms with Gasteiger partial charge in [-0.1, -0.05) is 31.1 Å². The normalized spacial score (nSPS) is 12.4. The minimum absolute atomic E-state index is 0.226. The van der Waals surface area contributed by atoms with E-state index in [1.807, 2.05) is 0 Å². The van der Waals surface area contributed by atoms with Crippen LogP contribution in [0.2, 0.25) is 0 Å². The van der Waals surface area contributed by atoms with E-state index in [4.69, 9.17) is 10.9 Å². The third kappa shape index (κ3) is 6.20. The zero-order chi connectivity index (χ0) is 14.3. The smallest absolute Gasteiger partial charge is 0.140 e. The average molecular weight is 267 g/mol. The molecule has 0 saturated carbocycles. The van der Waals surface area contributed by atoms with E-state index in [0.29, 0.717) is 18.9 Å². The molecular formula is C14H22FN3O. The van der Waals surface area contributed by atoms with Gasteiger partial charge in [-0.25, -0.2) is 4.39 Å². The summed E-state index contributed by atoms with van der Waals surface area (Å²) in [7, 11) is 0. The fourth-order valence-electron chi connectivity index (χ4n) is 1.92. The fourth-order valence-corrected chi connectivity index (χ4v) is 1.92. The summed E-state index contributed by atoms with van der Waals surface area (Å²) in [6, 6.07) is 6.50. The predicted octanol–water partition coefficient (Wildman–Crippen LogP) is 2.42. The molecule has 0 aliphatic carbocycles. The largest absolute Gasteiger partial charge is 0.409 e. The molecule has 0 bridgehead atoms. The summed E-state index contributed by atoms with van der Waals surface area (Å²) in [6.07, 6.45) is 0.518. The number of nitrogens with zero attached hydrogens (tertiary/aromatic N) is 2. The molecule has 0 heterocycles. The number of halogens is 1. The van der Waals surface area contributed by atoms with E-state index in [0.717, 1.165) is 18.7 Å². The van der Waals surface area contributed by atoms with Gasteiger partial charge in [0, 0.05) is 26.1 Å². The number of amidine groups is 1. The quantitative estimate of drug-likeness (QED) is 0.345. The summed E-state index contributed by atoms with van der Waals surface area (Å²) >= 11 is 0. The van der Waals surface area contributed by atoms with Gasteiger partial charge < -0.3 is 10.9 Å². The van der Waals surface area contributed by atoms with Gasteiger partial charge >= 0.3 is 0 Å². The van der Waals surface area contributed by atoms with Gasteiger partial charge in [0.15, 0.2) is 0 Å². The van der Waals surface area contributed by atoms with Crippen LogP contribution < -0.4 is 5.73 Å². The van der Waals surface area contributed by atoms with Crippen LogP contribution >= 0.6 is 0 Å². The molecule has 106 valence electrons. The summed E-state index contributed by atoms with van der Waals surface area (Å²) < 4.78 is 12.9. The molecule has 0 saturated heterocycles. The third-order valence-electron chi connectivity index (χ3n) is 2.76. The van der Waals surface area contributed by atoms with Crippen LogP contribution in [0.4, 0.5) is 4.39 Å². The zero-order valence-corrected chi connectivity index (χ0v) is 11.5. The molecule has 0 aliphatic rings. The highest BCUT2D eigenvalue weighted by Crippen LogP contribution is 2.09. The first kappa shape index (κ1) is 15.4. The van der Waals surface area contributed by atoms with Gasteiger partial charge in [0.1, 0.15) is 11.7 Å². The highest BCUT2D eigenvalue weighted by atomic mass is 19.1. The molecule has 1 aromatic rings. The molecule has 0 atom stereocenters. The molecule has 4 nitrogen and oxygen atoms in total. The Balaban J connectivity index is 2.60. The van der Waals surface area contributed by atoms with Gasteiger partial charge in [-0.05, 0) is 23.6 Å². The summed E-state index contributed by atoms with van der Waals surface area (Å²) in [6.45, 7) is 6.64. The number of hydrogen-bond acceptors (Lipinski definition) is 3. The Labute approximate surface area is 113 Å². The van der Waals surface area contributed by atoms with Crippen LogP contribution in [0.3, 0.4) is 0 Å². The maximum Gasteiger partial charge on any atom is 0.140 e. The second-order valence-corrected chi connectivity index (χ2v) is 5.10. The average Bonchev–Trinajstić information content (AvgIpc) is 2.37. The zero-order valence-electron chi connectivity index (χ0n) is 11.5. The first-order chi connectivity index (χ1) is 9.01. The number of benzene rings is 1. The molecular weight excluding hydrogens is 245 g/mol. The van der Waals surface area contributed by atoms with Crippen molar-refractivity contribution in [3.05, 3.63) is 35.6 Å². The number of oxime groups is 1. The lowest BCUT2D eigenvalue weighted by atomic mass is 10.1. The van der Waals surface area contributed by atoms with Crippen LogP contribution in [-0.2, 0) is 6.54 Å². The number of hydrogen-bond donors (Lipinski definition) is 2. The van der Waals surface area contributed by atoms with Gasteiger partial charge in [0.2, 0.25) is 0 Å². The van der Waals surface area contributed by atoms with Crippen molar-refractivity contribution in [2.75, 3.05) is 13.1 Å². The molecule has 0 fully saturated rings. The SMILES string of the molecule is CC(C)CN(CCC(N)=NO)Cc1ccc(F)cc1. The van der Waals surface area contributed by atoms with Crippen LogP contribution in [0.25, 0.3) is 0 Å². The van der Waals surface area contributed by atoms with Gasteiger partial charge in [0.05, 0.1) is 0 Å². The van der Waals surface area contributed by atoms with Crippen molar-refractivity contribution in [1.29, 1.82) is 0 Å². The molecule has 19 heavy (non-hydrogen) atoms. The topological polar surface area (TPSA) is 61.8 Å². The van der Waals surface area contributed by atoms with E-state index in [1.165, 1.54) is 12.1 Å². The molecule has 0 aromatic heterocycles. The standard InChI is InChI=1S/C14H22FN3O/c1-11(2)9-18(8-7-14(16)17-19)10-12-3-5-13(15)6-4-12/h3-6,11,19H,7-10H2,1-2H3,(H2,16,17). The van der Waals surface area contributed by atoms with E-state index < -0.39 is 0 Å². The van der Waals surface area contributed by atoms with Crippen LogP contribution in [0.15, 0.2) is 29.4 Å². The van der Waals surface area contributed by atoms with Crippen molar-refractivity contribution in [3.8, 4) is 0 Å². The van der Waals surface area contributed by atoms with E-state index in [1.54, 1.807) is 12.1 Å². The maximum atomic E-state index is 12.9. The molecule has 0 radical (unpaired) electrons. The van der Waals surface area contributed by atoms with E-state index in [9.17, 15) is 4.39 Å². The Morgan fingerprint density at radius 3 is 2.53 bits per heavy atom. The van der Waals surface area contributed by atoms with Crippen molar-refractivity contribution in [1.82, 2.24) is 4.90 Å². The van der Waals surface area contributed by atoms with Crippen LogP contribution in [0.1, 0.15) is 25.8 Å². The van der Waals surface area contributed by atoms with Crippen molar-refractivity contribution in [3.63, 3.8) is 0 Å². The Morgan fingerprint density at radius 2 is 2.00 bits per heavy atom. The fraction of sp³-hybridized carbons (Fsp3) is 0.500. The van der Waals surface area contributed by atoms with Crippen LogP contribution in [0.5, 0.6) is 0 Å². The Kier molecular flexibility index (Phi) is 6.29. The lowest BCUT2D eigenvalue weighted by Gasteiger charge is -2.24. The molecule has 1 rings (SSSR count). The van der Waals surface area contributed by atoms with Gasteiger partial charge in [0.25, 0.3) is 0 Å². The van der Waals surface area contributed by atoms with E-state index >= 15 is 0 Å². The van der Waals surface area contributed by atoms with E-state index in [-0.39, 0.29) is 11.7 Å². The summed E-state index contributed by atoms with van der Waals surface area (Å²) in [5, 5.41) is 11.5. The van der Waals surface area contributed by atoms with Crippen molar-refractivity contribution in [2.45, 2.75) is 26.8 Å². The lowest BCUT2D eigenvalue weighted by molar-refractivity contribution is 0.240. The lowest BCUT2D eigenvalue weighted by Crippen LogP contribution is -2.31. The first-order valence-electron chi connectivity index (χ1n) is 6.44. The van der Waals surface area contributed by atoms with Crippen LogP contribution in [0, 0.1) is 11.7 Å². The second-order valence-electron chi connectivity index (χ2n) is 5.10. The molecule has 0 spiro atoms. The van der Waals surface area contributed by atoms with Gasteiger partial charge in [-0.15, -0.1) is 0 Å². The van der Waals surface area contributed by atoms with Crippen LogP contribution in [-0.4, -0.2) is 29.0 Å². The Hall–Kier alpha value is -1.62. The summed E-state index contributed by atoms with van der Waals surface area (Å²) in [5.41, 5.74) is 6.55. The number of rotatable bonds is 7. The number of nitrogens with two attached hydrogens (primary N) is 1. The summed E-state index contributed by atoms with van der Waals surface area (Å²) in [4.78, 5) is 2.22. The van der Waals surface area contributed by atoms with Crippen molar-refractivity contribution >= 4 is 5.84 Å². The molecule has 1 aromatic carbocycles. The van der Waals surface area contributed by atoms with E-state index in [2.05, 4.69) is 23.9 Å². The minimum Gasteiger partial charge on any atom is -0.409 e. The van der Waals surface area contributed by atoms with Gasteiger partial charge in [-0.2, -0.15) is 0 Å². The summed E-state index contributed by atoms with van der Waals surface area (Å²) in [5.74, 6) is 0.524. The maximum absolute atomic E-state index is 12.9. The minimum atomic E-state index is -0.226. The third-order valence-corrected chi connectivity index (χ3v) is 2.76. The van der Waals surface area contributed by atoms with Gasteiger partial charge in [-0.3, -0.25) is 4.90 Å². The molecule has 5 heteroatoms. The molecule has 3 N–H and O–H groups in total. The van der Waals surface area contributed by atoms with Crippen molar-refractivity contribution < 1.29 is 9.60 Å². The second kappa shape index (κ2) is 7.74. The molecule has 0 unspecified atom stereocenters. The van der Waals surface area contributed by atoms with Crippen molar-refractivity contribution in [2.24, 2.45) is 16.8 Å². The Morgan fingerprint density at radius 1 is 1.37 bits per heavy atom. The highest BCUT2D eigenvalue weighted by Gasteiger charge is 2.09. The molecule has 0 aliphatic heterocycles. The highest BCUT2D eigenvalue weighted by molar-refractivity contribution is 5.79. The monoisotopic (exact) mass is 267 g/mol. The molecule has 0 amide bonds. The first-order valence-corrected chi connectivity index (χ1v) is 6.44.